The molecule has 0 aliphatic rings. The Morgan fingerprint density at radius 1 is 1.35 bits per heavy atom. The van der Waals surface area contributed by atoms with Crippen LogP contribution in [0.1, 0.15) is 17.3 Å². The second-order valence-corrected chi connectivity index (χ2v) is 3.48. The Bertz CT molecular complexity index is 434. The van der Waals surface area contributed by atoms with E-state index in [-0.39, 0.29) is 18.4 Å². The van der Waals surface area contributed by atoms with E-state index in [1.54, 1.807) is 31.2 Å². The molecule has 0 spiro atoms. The van der Waals surface area contributed by atoms with Crippen LogP contribution in [0.4, 0.5) is 0 Å². The largest absolute Gasteiger partial charge is 0.343 e. The maximum absolute atomic E-state index is 11.7. The maximum atomic E-state index is 11.7. The predicted molar refractivity (Wildman–Crippen MR) is 65.2 cm³/mol. The van der Waals surface area contributed by atoms with E-state index in [0.29, 0.717) is 5.56 Å². The molecule has 2 N–H and O–H groups in total. The zero-order chi connectivity index (χ0) is 12.7. The molecule has 0 heterocycles. The van der Waals surface area contributed by atoms with Crippen molar-refractivity contribution in [2.45, 2.75) is 13.0 Å². The summed E-state index contributed by atoms with van der Waals surface area (Å²) in [5.74, 6) is 1.71. The lowest BCUT2D eigenvalue weighted by Gasteiger charge is -2.12. The summed E-state index contributed by atoms with van der Waals surface area (Å²) in [5, 5.41) is 5.08. The molecule has 0 aromatic heterocycles. The van der Waals surface area contributed by atoms with E-state index in [2.05, 4.69) is 16.6 Å². The highest BCUT2D eigenvalue weighted by molar-refractivity contribution is 5.97. The molecule has 4 heteroatoms. The molecular weight excluding hydrogens is 216 g/mol. The Kier molecular flexibility index (Phi) is 4.77. The number of terminal acetylenes is 1. The van der Waals surface area contributed by atoms with Crippen LogP contribution in [0.3, 0.4) is 0 Å². The summed E-state index contributed by atoms with van der Waals surface area (Å²) in [6.45, 7) is 1.76. The Hall–Kier alpha value is -2.28. The molecule has 0 saturated heterocycles. The number of amides is 2. The molecule has 88 valence electrons. The molecule has 0 fully saturated rings. The van der Waals surface area contributed by atoms with Crippen molar-refractivity contribution < 1.29 is 9.59 Å². The lowest BCUT2D eigenvalue weighted by atomic mass is 10.2. The summed E-state index contributed by atoms with van der Waals surface area (Å²) >= 11 is 0. The number of rotatable bonds is 4. The monoisotopic (exact) mass is 230 g/mol. The Morgan fingerprint density at radius 3 is 2.59 bits per heavy atom. The summed E-state index contributed by atoms with van der Waals surface area (Å²) in [4.78, 5) is 23.1. The predicted octanol–water partition coefficient (Wildman–Crippen LogP) is 0.554. The van der Waals surface area contributed by atoms with E-state index in [0.717, 1.165) is 0 Å². The summed E-state index contributed by atoms with van der Waals surface area (Å²) in [5.41, 5.74) is 0.518. The molecule has 0 radical (unpaired) electrons. The van der Waals surface area contributed by atoms with Gasteiger partial charge in [0, 0.05) is 5.56 Å². The Labute approximate surface area is 100 Å². The van der Waals surface area contributed by atoms with Crippen molar-refractivity contribution in [2.24, 2.45) is 0 Å². The van der Waals surface area contributed by atoms with Gasteiger partial charge in [-0.1, -0.05) is 24.1 Å². The first-order chi connectivity index (χ1) is 8.15. The quantitative estimate of drug-likeness (QED) is 0.742. The van der Waals surface area contributed by atoms with Crippen LogP contribution in [0, 0.1) is 12.3 Å². The van der Waals surface area contributed by atoms with Gasteiger partial charge in [0.05, 0.1) is 6.54 Å². The minimum atomic E-state index is -0.615. The van der Waals surface area contributed by atoms with Gasteiger partial charge in [0.2, 0.25) is 5.91 Å². The van der Waals surface area contributed by atoms with Gasteiger partial charge in [-0.3, -0.25) is 9.59 Å². The van der Waals surface area contributed by atoms with Crippen LogP contribution in [0.2, 0.25) is 0 Å². The van der Waals surface area contributed by atoms with Crippen molar-refractivity contribution in [3.63, 3.8) is 0 Å². The first-order valence-electron chi connectivity index (χ1n) is 5.22. The molecule has 2 amide bonds. The normalized spacial score (nSPS) is 11.1. The molecule has 1 aromatic carbocycles. The van der Waals surface area contributed by atoms with E-state index < -0.39 is 6.04 Å². The second-order valence-electron chi connectivity index (χ2n) is 3.48. The van der Waals surface area contributed by atoms with Crippen LogP contribution < -0.4 is 10.6 Å². The second kappa shape index (κ2) is 6.33. The van der Waals surface area contributed by atoms with Crippen LogP contribution >= 0.6 is 0 Å². The zero-order valence-corrected chi connectivity index (χ0v) is 9.57. The Morgan fingerprint density at radius 2 is 2.00 bits per heavy atom. The lowest BCUT2D eigenvalue weighted by molar-refractivity contribution is -0.122. The van der Waals surface area contributed by atoms with Crippen molar-refractivity contribution in [1.29, 1.82) is 0 Å². The molecule has 1 rings (SSSR count). The minimum Gasteiger partial charge on any atom is -0.343 e. The van der Waals surface area contributed by atoms with Crippen LogP contribution in [-0.2, 0) is 4.79 Å². The van der Waals surface area contributed by atoms with Crippen LogP contribution in [0.5, 0.6) is 0 Å². The molecule has 0 saturated carbocycles. The van der Waals surface area contributed by atoms with Crippen molar-refractivity contribution in [1.82, 2.24) is 10.6 Å². The molecule has 17 heavy (non-hydrogen) atoms. The molecule has 4 nitrogen and oxygen atoms in total. The van der Waals surface area contributed by atoms with Crippen molar-refractivity contribution in [3.8, 4) is 12.3 Å². The lowest BCUT2D eigenvalue weighted by Crippen LogP contribution is -2.44. The van der Waals surface area contributed by atoms with E-state index in [1.807, 2.05) is 6.07 Å². The summed E-state index contributed by atoms with van der Waals surface area (Å²) in [7, 11) is 0. The summed E-state index contributed by atoms with van der Waals surface area (Å²) in [6, 6.07) is 8.09. The van der Waals surface area contributed by atoms with Crippen molar-refractivity contribution in [3.05, 3.63) is 35.9 Å². The van der Waals surface area contributed by atoms with Crippen LogP contribution in [0.15, 0.2) is 30.3 Å². The smallest absolute Gasteiger partial charge is 0.251 e. The highest BCUT2D eigenvalue weighted by Gasteiger charge is 2.15. The molecule has 1 unspecified atom stereocenters. The van der Waals surface area contributed by atoms with Gasteiger partial charge >= 0.3 is 0 Å². The van der Waals surface area contributed by atoms with Gasteiger partial charge in [-0.15, -0.1) is 6.42 Å². The third-order valence-corrected chi connectivity index (χ3v) is 2.14. The van der Waals surface area contributed by atoms with Gasteiger partial charge in [-0.25, -0.2) is 0 Å². The standard InChI is InChI=1S/C13H14N2O2/c1-3-9-14-12(16)10(2)15-13(17)11-7-5-4-6-8-11/h1,4-8,10H,9H2,2H3,(H,14,16)(H,15,17). The Balaban J connectivity index is 2.52. The van der Waals surface area contributed by atoms with Crippen molar-refractivity contribution in [2.75, 3.05) is 6.54 Å². The van der Waals surface area contributed by atoms with Gasteiger partial charge in [-0.2, -0.15) is 0 Å². The van der Waals surface area contributed by atoms with Gasteiger partial charge in [0.1, 0.15) is 6.04 Å². The first-order valence-corrected chi connectivity index (χ1v) is 5.22. The highest BCUT2D eigenvalue weighted by Crippen LogP contribution is 1.98. The van der Waals surface area contributed by atoms with Gasteiger partial charge in [-0.05, 0) is 19.1 Å². The third-order valence-electron chi connectivity index (χ3n) is 2.14. The van der Waals surface area contributed by atoms with Gasteiger partial charge in [0.15, 0.2) is 0 Å². The topological polar surface area (TPSA) is 58.2 Å². The van der Waals surface area contributed by atoms with E-state index in [9.17, 15) is 9.59 Å². The van der Waals surface area contributed by atoms with Crippen molar-refractivity contribution >= 4 is 11.8 Å². The van der Waals surface area contributed by atoms with E-state index >= 15 is 0 Å². The zero-order valence-electron chi connectivity index (χ0n) is 9.57. The van der Waals surface area contributed by atoms with Gasteiger partial charge in [0.25, 0.3) is 5.91 Å². The maximum Gasteiger partial charge on any atom is 0.251 e. The van der Waals surface area contributed by atoms with Crippen LogP contribution in [0.25, 0.3) is 0 Å². The third kappa shape index (κ3) is 3.99. The average Bonchev–Trinajstić information content (AvgIpc) is 2.36. The number of nitrogens with one attached hydrogen (secondary N) is 2. The molecule has 0 aliphatic heterocycles. The number of benzene rings is 1. The molecule has 1 atom stereocenters. The van der Waals surface area contributed by atoms with Crippen LogP contribution in [-0.4, -0.2) is 24.4 Å². The van der Waals surface area contributed by atoms with E-state index in [4.69, 9.17) is 6.42 Å². The number of hydrogen-bond acceptors (Lipinski definition) is 2. The SMILES string of the molecule is C#CCNC(=O)C(C)NC(=O)c1ccccc1. The molecular formula is C13H14N2O2. The molecule has 1 aromatic rings. The molecule has 0 aliphatic carbocycles. The fourth-order valence-electron chi connectivity index (χ4n) is 1.23. The minimum absolute atomic E-state index is 0.157. The molecule has 0 bridgehead atoms. The number of hydrogen-bond donors (Lipinski definition) is 2. The number of carbonyl (C=O) groups excluding carboxylic acids is 2. The summed E-state index contributed by atoms with van der Waals surface area (Å²) < 4.78 is 0. The fourth-order valence-corrected chi connectivity index (χ4v) is 1.23. The van der Waals surface area contributed by atoms with E-state index in [1.165, 1.54) is 0 Å². The highest BCUT2D eigenvalue weighted by atomic mass is 16.2. The summed E-state index contributed by atoms with van der Waals surface area (Å²) in [6.07, 6.45) is 5.02. The fraction of sp³-hybridized carbons (Fsp3) is 0.231. The average molecular weight is 230 g/mol. The first kappa shape index (κ1) is 12.8. The van der Waals surface area contributed by atoms with Gasteiger partial charge < -0.3 is 10.6 Å². The number of carbonyl (C=O) groups is 2.